The van der Waals surface area contributed by atoms with Gasteiger partial charge in [0.05, 0.1) is 68.1 Å². The van der Waals surface area contributed by atoms with E-state index >= 15 is 14.4 Å². The molecule has 610 valence electrons. The summed E-state index contributed by atoms with van der Waals surface area (Å²) in [4.78, 5) is 140. The van der Waals surface area contributed by atoms with Crippen LogP contribution in [-0.4, -0.2) is 297 Å². The Morgan fingerprint density at radius 1 is 0.661 bits per heavy atom. The molecule has 0 spiro atoms. The Morgan fingerprint density at radius 2 is 1.23 bits per heavy atom. The van der Waals surface area contributed by atoms with Crippen molar-refractivity contribution in [1.82, 2.24) is 41.3 Å². The van der Waals surface area contributed by atoms with Crippen molar-refractivity contribution in [3.8, 4) is 22.6 Å². The number of hydrogen-bond acceptors (Lipinski definition) is 29. The topological polar surface area (TPSA) is 480 Å². The maximum absolute atomic E-state index is 15.4. The summed E-state index contributed by atoms with van der Waals surface area (Å²) in [6.45, 7) is 13.7. The molecule has 37 heteroatoms. The van der Waals surface area contributed by atoms with E-state index in [1.165, 1.54) is 37.3 Å². The maximum atomic E-state index is 15.4. The van der Waals surface area contributed by atoms with Crippen molar-refractivity contribution < 1.29 is 122 Å². The zero-order chi connectivity index (χ0) is 81.0. The number of ether oxygens (including phenoxy) is 4. The lowest BCUT2D eigenvalue weighted by Gasteiger charge is -2.38. The van der Waals surface area contributed by atoms with E-state index in [1.54, 1.807) is 12.1 Å². The number of carbonyl (C=O) groups is 9. The van der Waals surface area contributed by atoms with Gasteiger partial charge in [0.15, 0.2) is 11.5 Å². The Hall–Kier alpha value is -9.74. The van der Waals surface area contributed by atoms with Crippen LogP contribution >= 0.6 is 12.3 Å². The third-order valence-corrected chi connectivity index (χ3v) is 20.3. The number of carbonyl (C=O) groups excluding carboxylic acids is 9. The normalized spacial score (nSPS) is 25.2. The molecule has 5 fully saturated rings. The van der Waals surface area contributed by atoms with Gasteiger partial charge < -0.3 is 120 Å². The minimum Gasteiger partial charge on any atom is -0.445 e. The number of amides is 8. The van der Waals surface area contributed by atoms with Gasteiger partial charge in [-0.25, -0.2) is 14.8 Å². The fraction of sp³-hybridized carbons (Fsp3) is 0.507. The molecule has 0 aromatic heterocycles. The average Bonchev–Trinajstić information content (AvgIpc) is 1.65. The molecule has 112 heavy (non-hydrogen) atoms. The first-order valence-electron chi connectivity index (χ1n) is 36.7. The van der Waals surface area contributed by atoms with E-state index in [0.29, 0.717) is 0 Å². The summed E-state index contributed by atoms with van der Waals surface area (Å²) in [6.07, 6.45) is -13.5. The third-order valence-electron chi connectivity index (χ3n) is 20.0. The highest BCUT2D eigenvalue weighted by Crippen LogP contribution is 2.34. The zero-order valence-electron chi connectivity index (χ0n) is 62.3. The maximum Gasteiger partial charge on any atom is 0.514 e. The molecule has 0 radical (unpaired) electrons. The van der Waals surface area contributed by atoms with Crippen molar-refractivity contribution in [3.63, 3.8) is 0 Å². The summed E-state index contributed by atoms with van der Waals surface area (Å²) in [7, 11) is 0. The van der Waals surface area contributed by atoms with Crippen LogP contribution in [0.25, 0.3) is 11.1 Å². The zero-order valence-corrected chi connectivity index (χ0v) is 63.2. The minimum atomic E-state index is -2.31. The second-order valence-corrected chi connectivity index (χ2v) is 28.6. The van der Waals surface area contributed by atoms with Gasteiger partial charge in [-0.3, -0.25) is 33.6 Å². The first kappa shape index (κ1) is 86.2. The molecule has 1 unspecified atom stereocenters. The van der Waals surface area contributed by atoms with Crippen LogP contribution in [0.15, 0.2) is 116 Å². The number of piperazine rings is 1. The molecular weight excluding hydrogens is 1490 g/mol. The van der Waals surface area contributed by atoms with E-state index in [2.05, 4.69) is 102 Å². The van der Waals surface area contributed by atoms with Crippen molar-refractivity contribution in [2.24, 2.45) is 5.92 Å². The summed E-state index contributed by atoms with van der Waals surface area (Å²) in [6, 6.07) is 13.0. The molecule has 5 aliphatic rings. The molecule has 9 rings (SSSR count). The Balaban J connectivity index is 0.988. The van der Waals surface area contributed by atoms with Gasteiger partial charge in [0.1, 0.15) is 49.5 Å². The van der Waals surface area contributed by atoms with Crippen molar-refractivity contribution in [3.05, 3.63) is 127 Å². The lowest BCUT2D eigenvalue weighted by atomic mass is 9.98. The highest BCUT2D eigenvalue weighted by molar-refractivity contribution is 7.90. The number of nitrogens with one attached hydrogen (secondary N) is 5. The molecule has 36 nitrogen and oxygen atoms in total. The van der Waals surface area contributed by atoms with Gasteiger partial charge in [0, 0.05) is 113 Å². The van der Waals surface area contributed by atoms with Gasteiger partial charge in [-0.15, -0.1) is 0 Å². The molecule has 0 bridgehead atoms. The van der Waals surface area contributed by atoms with E-state index in [1.807, 2.05) is 24.3 Å². The van der Waals surface area contributed by atoms with E-state index in [-0.39, 0.29) is 60.4 Å². The molecule has 5 aliphatic heterocycles. The van der Waals surface area contributed by atoms with Crippen molar-refractivity contribution in [2.75, 3.05) is 107 Å². The molecule has 14 N–H and O–H groups in total. The lowest BCUT2D eigenvalue weighted by Crippen LogP contribution is -2.64. The average molecular weight is 1590 g/mol. The fourth-order valence-corrected chi connectivity index (χ4v) is 14.4. The third kappa shape index (κ3) is 22.3. The summed E-state index contributed by atoms with van der Waals surface area (Å²) >= 11 is 0.00332. The first-order chi connectivity index (χ1) is 53.6. The predicted molar refractivity (Wildman–Crippen MR) is 402 cm³/mol. The van der Waals surface area contributed by atoms with E-state index < -0.39 is 204 Å². The number of rotatable bonds is 26. The second kappa shape index (κ2) is 40.6. The standard InChI is InChI=1S/C75H99N11O25S/c1-7-29-105-74(102)84(53(40-87)41-88)24-23-58(92)64-73(101)86-36-42(3)66(94)65(86)71(99)76-35-54(90)33-56(77-67(95)49-12-10-47(11-13-49)48-14-16-50(17-15-48)81-25-27-82(28-26-81)51-18-20-52(21-19-51)83-37-43(4)107-44(5)38-83)68(96)78-62(45(6)89)72(100)85-39-55(91)34-57(85)69(97)79-63(70(98)80-64)59(93)31-46-9-22-60(108-75(103)106-30-8-2)61(32-46)109-112-111-110-104/h7-22,32,42-45,53-59,62-66,87-94,104H,1-2,23-31,33-41H2,3-6H3,(H,76,99)(H,77,95)(H,78,96)(H,79,97)(H,80,98)/t42-,43-,44+,45+,54+,55+,56?,57-,58+,59+,62-,63-,64-,65-,66-/m0/s1. The number of aliphatic hydroxyl groups excluding tert-OH is 8. The van der Waals surface area contributed by atoms with E-state index in [4.69, 9.17) is 28.4 Å². The van der Waals surface area contributed by atoms with Crippen LogP contribution in [0.1, 0.15) is 62.9 Å². The molecule has 5 heterocycles. The number of hydrogen-bond donors (Lipinski definition) is 14. The number of morpholine rings is 1. The Morgan fingerprint density at radius 3 is 1.83 bits per heavy atom. The van der Waals surface area contributed by atoms with Crippen molar-refractivity contribution in [1.29, 1.82) is 0 Å². The van der Waals surface area contributed by atoms with Gasteiger partial charge in [-0.05, 0) is 105 Å². The Labute approximate surface area is 650 Å². The quantitative estimate of drug-likeness (QED) is 0.00728. The Kier molecular flexibility index (Phi) is 31.3. The molecular formula is C75H99N11O25S. The summed E-state index contributed by atoms with van der Waals surface area (Å²) < 4.78 is 30.9. The summed E-state index contributed by atoms with van der Waals surface area (Å²) in [5, 5.41) is 116. The number of β-amino-alcohol motifs (C(OH)–C–C–N with tert-alkyl or cyclic N) is 1. The number of nitrogens with zero attached hydrogens (tertiary/aromatic N) is 6. The first-order valence-corrected chi connectivity index (χ1v) is 37.4. The van der Waals surface area contributed by atoms with E-state index in [0.717, 1.165) is 101 Å². The van der Waals surface area contributed by atoms with Crippen LogP contribution in [0.3, 0.4) is 0 Å². The molecule has 0 saturated carbocycles. The van der Waals surface area contributed by atoms with Crippen molar-refractivity contribution in [2.45, 2.75) is 145 Å². The van der Waals surface area contributed by atoms with Gasteiger partial charge in [-0.2, -0.15) is 0 Å². The second-order valence-electron chi connectivity index (χ2n) is 28.2. The monoisotopic (exact) mass is 1590 g/mol. The van der Waals surface area contributed by atoms with Crippen LogP contribution in [0.2, 0.25) is 0 Å². The van der Waals surface area contributed by atoms with Gasteiger partial charge >= 0.3 is 12.2 Å². The van der Waals surface area contributed by atoms with Gasteiger partial charge in [0.25, 0.3) is 18.2 Å². The van der Waals surface area contributed by atoms with Crippen LogP contribution in [0, 0.1) is 5.92 Å². The molecule has 4 aromatic rings. The number of fused-ring (bicyclic) bond motifs is 2. The van der Waals surface area contributed by atoms with Crippen LogP contribution in [0.4, 0.5) is 26.7 Å². The molecule has 15 atom stereocenters. The molecule has 5 saturated heterocycles. The SMILES string of the molecule is C=CCOC(=O)Oc1ccc(C[C@@H](O)[C@@H]2NC(=O)[C@@H]3C[C@@H](O)CN3C(=O)[C@H]([C@@H](C)O)NC(=O)C(NC(=O)c3ccc(-c4ccc(N5CCN(c6ccc(N7C[C@@H](C)O[C@@H](C)C7)cc6)CC5)cc4)cc3)C[C@@H](O)CNC(=O)[C@@H]3[C@@H](O)[C@@H](C)CN3C(=O)[C@H]([C@H](O)CCN(C(=O)OCC=C)C(CO)CO)NC2=O)cc1OSOOO. The molecule has 4 aromatic carbocycles. The van der Waals surface area contributed by atoms with Crippen molar-refractivity contribution >= 4 is 83.0 Å². The summed E-state index contributed by atoms with van der Waals surface area (Å²) in [5.41, 5.74) is 4.91. The van der Waals surface area contributed by atoms with Gasteiger partial charge in [0.2, 0.25) is 35.4 Å². The van der Waals surface area contributed by atoms with Crippen LogP contribution in [-0.2, 0) is 58.8 Å². The smallest absolute Gasteiger partial charge is 0.445 e. The van der Waals surface area contributed by atoms with Crippen LogP contribution < -0.4 is 50.2 Å². The highest BCUT2D eigenvalue weighted by Gasteiger charge is 2.50. The number of benzene rings is 4. The Bertz CT molecular complexity index is 3890. The van der Waals surface area contributed by atoms with Crippen LogP contribution in [0.5, 0.6) is 11.5 Å². The molecule has 8 amide bonds. The highest BCUT2D eigenvalue weighted by atomic mass is 32.2. The number of aliphatic hydroxyl groups is 8. The molecule has 0 aliphatic carbocycles. The summed E-state index contributed by atoms with van der Waals surface area (Å²) in [5.74, 6) is -10.1. The fourth-order valence-electron chi connectivity index (χ4n) is 14.2. The van der Waals surface area contributed by atoms with Gasteiger partial charge in [-0.1, -0.05) is 71.9 Å². The minimum absolute atomic E-state index is 0.00291. The lowest BCUT2D eigenvalue weighted by molar-refractivity contribution is -0.433. The van der Waals surface area contributed by atoms with E-state index in [9.17, 15) is 69.6 Å². The largest absolute Gasteiger partial charge is 0.514 e. The number of anilines is 3. The predicted octanol–water partition coefficient (Wildman–Crippen LogP) is -0.325.